The van der Waals surface area contributed by atoms with E-state index in [1.807, 2.05) is 30.5 Å². The predicted octanol–water partition coefficient (Wildman–Crippen LogP) is 2.58. The number of halogens is 3. The largest absolute Gasteiger partial charge is 0.471 e. The SMILES string of the molecule is CSc1ccc(CNC(=O)[C@@H]2CCCN2C(=O)C(F)(F)F)cc1. The fraction of sp³-hybridized carbons (Fsp3) is 0.467. The molecule has 0 aliphatic carbocycles. The second kappa shape index (κ2) is 7.25. The van der Waals surface area contributed by atoms with E-state index < -0.39 is 24.0 Å². The highest BCUT2D eigenvalue weighted by Gasteiger charge is 2.47. The van der Waals surface area contributed by atoms with Gasteiger partial charge in [-0.3, -0.25) is 9.59 Å². The van der Waals surface area contributed by atoms with Crippen molar-refractivity contribution in [1.29, 1.82) is 0 Å². The Balaban J connectivity index is 1.95. The number of hydrogen-bond donors (Lipinski definition) is 1. The Morgan fingerprint density at radius 3 is 2.52 bits per heavy atom. The second-order valence-corrected chi connectivity index (χ2v) is 6.10. The molecule has 23 heavy (non-hydrogen) atoms. The number of carbonyl (C=O) groups excluding carboxylic acids is 2. The lowest BCUT2D eigenvalue weighted by Crippen LogP contribution is -2.50. The molecule has 0 bridgehead atoms. The van der Waals surface area contributed by atoms with Gasteiger partial charge in [-0.25, -0.2) is 0 Å². The molecule has 1 aromatic rings. The van der Waals surface area contributed by atoms with Gasteiger partial charge in [-0.2, -0.15) is 13.2 Å². The van der Waals surface area contributed by atoms with Crippen molar-refractivity contribution < 1.29 is 22.8 Å². The van der Waals surface area contributed by atoms with Crippen LogP contribution in [0.4, 0.5) is 13.2 Å². The molecular weight excluding hydrogens is 329 g/mol. The zero-order chi connectivity index (χ0) is 17.0. The fourth-order valence-corrected chi connectivity index (χ4v) is 2.90. The van der Waals surface area contributed by atoms with Crippen molar-refractivity contribution in [3.63, 3.8) is 0 Å². The first-order chi connectivity index (χ1) is 10.8. The molecule has 0 radical (unpaired) electrons. The maximum absolute atomic E-state index is 12.5. The van der Waals surface area contributed by atoms with Crippen LogP contribution in [-0.2, 0) is 16.1 Å². The van der Waals surface area contributed by atoms with Gasteiger partial charge in [0.1, 0.15) is 6.04 Å². The first-order valence-electron chi connectivity index (χ1n) is 7.11. The molecule has 1 saturated heterocycles. The number of amides is 2. The predicted molar refractivity (Wildman–Crippen MR) is 80.9 cm³/mol. The third-order valence-corrected chi connectivity index (χ3v) is 4.43. The van der Waals surface area contributed by atoms with Gasteiger partial charge in [0.25, 0.3) is 0 Å². The zero-order valence-electron chi connectivity index (χ0n) is 12.5. The van der Waals surface area contributed by atoms with Crippen molar-refractivity contribution in [2.24, 2.45) is 0 Å². The number of rotatable bonds is 4. The summed E-state index contributed by atoms with van der Waals surface area (Å²) in [4.78, 5) is 25.2. The highest BCUT2D eigenvalue weighted by Crippen LogP contribution is 2.25. The van der Waals surface area contributed by atoms with E-state index in [1.54, 1.807) is 11.8 Å². The summed E-state index contributed by atoms with van der Waals surface area (Å²) in [5, 5.41) is 2.61. The Kier molecular flexibility index (Phi) is 5.56. The van der Waals surface area contributed by atoms with E-state index in [9.17, 15) is 22.8 Å². The molecule has 0 spiro atoms. The molecule has 4 nitrogen and oxygen atoms in total. The van der Waals surface area contributed by atoms with Crippen molar-refractivity contribution in [2.45, 2.75) is 36.5 Å². The Bertz CT molecular complexity index is 575. The van der Waals surface area contributed by atoms with Gasteiger partial charge < -0.3 is 10.2 Å². The summed E-state index contributed by atoms with van der Waals surface area (Å²) < 4.78 is 37.6. The van der Waals surface area contributed by atoms with Crippen LogP contribution in [0, 0.1) is 0 Å². The van der Waals surface area contributed by atoms with Crippen LogP contribution in [0.3, 0.4) is 0 Å². The maximum Gasteiger partial charge on any atom is 0.471 e. The molecule has 1 aliphatic heterocycles. The first kappa shape index (κ1) is 17.7. The standard InChI is InChI=1S/C15H17F3N2O2S/c1-23-11-6-4-10(5-7-11)9-19-13(21)12-3-2-8-20(12)14(22)15(16,17)18/h4-7,12H,2-3,8-9H2,1H3,(H,19,21)/t12-/m0/s1. The topological polar surface area (TPSA) is 49.4 Å². The smallest absolute Gasteiger partial charge is 0.350 e. The number of alkyl halides is 3. The van der Waals surface area contributed by atoms with E-state index >= 15 is 0 Å². The molecule has 0 saturated carbocycles. The van der Waals surface area contributed by atoms with E-state index in [2.05, 4.69) is 5.32 Å². The van der Waals surface area contributed by atoms with Gasteiger partial charge in [0.2, 0.25) is 5.91 Å². The average Bonchev–Trinajstić information content (AvgIpc) is 3.00. The summed E-state index contributed by atoms with van der Waals surface area (Å²) in [5.74, 6) is -2.49. The Morgan fingerprint density at radius 1 is 1.30 bits per heavy atom. The lowest BCUT2D eigenvalue weighted by Gasteiger charge is -2.24. The van der Waals surface area contributed by atoms with Gasteiger partial charge in [0, 0.05) is 18.0 Å². The summed E-state index contributed by atoms with van der Waals surface area (Å²) in [6.45, 7) is 0.177. The minimum atomic E-state index is -4.95. The van der Waals surface area contributed by atoms with Crippen LogP contribution in [-0.4, -0.2) is 41.7 Å². The van der Waals surface area contributed by atoms with Crippen molar-refractivity contribution >= 4 is 23.6 Å². The van der Waals surface area contributed by atoms with Crippen LogP contribution >= 0.6 is 11.8 Å². The lowest BCUT2D eigenvalue weighted by molar-refractivity contribution is -0.186. The number of likely N-dealkylation sites (tertiary alicyclic amines) is 1. The molecule has 1 atom stereocenters. The molecule has 1 aromatic carbocycles. The molecular formula is C15H17F3N2O2S. The highest BCUT2D eigenvalue weighted by atomic mass is 32.2. The summed E-state index contributed by atoms with van der Waals surface area (Å²) in [7, 11) is 0. The van der Waals surface area contributed by atoms with Gasteiger partial charge >= 0.3 is 12.1 Å². The summed E-state index contributed by atoms with van der Waals surface area (Å²) in [6, 6.07) is 6.45. The Morgan fingerprint density at radius 2 is 1.96 bits per heavy atom. The molecule has 1 N–H and O–H groups in total. The van der Waals surface area contributed by atoms with E-state index in [-0.39, 0.29) is 19.5 Å². The molecule has 1 fully saturated rings. The van der Waals surface area contributed by atoms with E-state index in [1.165, 1.54) is 0 Å². The molecule has 2 amide bonds. The van der Waals surface area contributed by atoms with Gasteiger partial charge in [-0.1, -0.05) is 12.1 Å². The summed E-state index contributed by atoms with van der Waals surface area (Å²) >= 11 is 1.59. The van der Waals surface area contributed by atoms with E-state index in [4.69, 9.17) is 0 Å². The minimum absolute atomic E-state index is 0.0428. The molecule has 1 heterocycles. The highest BCUT2D eigenvalue weighted by molar-refractivity contribution is 7.98. The maximum atomic E-state index is 12.5. The molecule has 126 valence electrons. The van der Waals surface area contributed by atoms with Crippen molar-refractivity contribution in [3.05, 3.63) is 29.8 Å². The normalized spacial score (nSPS) is 18.1. The Hall–Kier alpha value is -1.70. The van der Waals surface area contributed by atoms with Crippen LogP contribution in [0.5, 0.6) is 0 Å². The van der Waals surface area contributed by atoms with Gasteiger partial charge in [-0.05, 0) is 36.8 Å². The van der Waals surface area contributed by atoms with E-state index in [0.717, 1.165) is 10.5 Å². The number of nitrogens with zero attached hydrogens (tertiary/aromatic N) is 1. The number of hydrogen-bond acceptors (Lipinski definition) is 3. The van der Waals surface area contributed by atoms with Crippen molar-refractivity contribution in [3.8, 4) is 0 Å². The summed E-state index contributed by atoms with van der Waals surface area (Å²) in [6.07, 6.45) is -2.36. The third kappa shape index (κ3) is 4.40. The zero-order valence-corrected chi connectivity index (χ0v) is 13.3. The van der Waals surface area contributed by atoms with Crippen molar-refractivity contribution in [2.75, 3.05) is 12.8 Å². The van der Waals surface area contributed by atoms with Crippen molar-refractivity contribution in [1.82, 2.24) is 10.2 Å². The van der Waals surface area contributed by atoms with Crippen LogP contribution in [0.1, 0.15) is 18.4 Å². The number of nitrogens with one attached hydrogen (secondary N) is 1. The number of carbonyl (C=O) groups is 2. The van der Waals surface area contributed by atoms with Gasteiger partial charge in [-0.15, -0.1) is 11.8 Å². The first-order valence-corrected chi connectivity index (χ1v) is 8.34. The van der Waals surface area contributed by atoms with Gasteiger partial charge in [0.05, 0.1) is 0 Å². The van der Waals surface area contributed by atoms with Gasteiger partial charge in [0.15, 0.2) is 0 Å². The van der Waals surface area contributed by atoms with Crippen LogP contribution in [0.2, 0.25) is 0 Å². The Labute approximate surface area is 136 Å². The molecule has 1 aliphatic rings. The molecule has 0 unspecified atom stereocenters. The molecule has 8 heteroatoms. The third-order valence-electron chi connectivity index (χ3n) is 3.68. The average molecular weight is 346 g/mol. The monoisotopic (exact) mass is 346 g/mol. The molecule has 0 aromatic heterocycles. The van der Waals surface area contributed by atoms with E-state index in [0.29, 0.717) is 11.3 Å². The summed E-state index contributed by atoms with van der Waals surface area (Å²) in [5.41, 5.74) is 0.850. The van der Waals surface area contributed by atoms with Crippen LogP contribution in [0.25, 0.3) is 0 Å². The quantitative estimate of drug-likeness (QED) is 0.853. The van der Waals surface area contributed by atoms with Crippen LogP contribution < -0.4 is 5.32 Å². The minimum Gasteiger partial charge on any atom is -0.350 e. The fourth-order valence-electron chi connectivity index (χ4n) is 2.50. The number of thioether (sulfide) groups is 1. The lowest BCUT2D eigenvalue weighted by atomic mass is 10.2. The molecule has 2 rings (SSSR count). The number of benzene rings is 1. The second-order valence-electron chi connectivity index (χ2n) is 5.22. The van der Waals surface area contributed by atoms with Crippen LogP contribution in [0.15, 0.2) is 29.2 Å².